The van der Waals surface area contributed by atoms with Gasteiger partial charge in [-0.25, -0.2) is 0 Å². The molecular formula is C17H27N3O. The molecule has 4 heteroatoms. The molecule has 1 saturated heterocycles. The van der Waals surface area contributed by atoms with Crippen molar-refractivity contribution in [3.63, 3.8) is 0 Å². The highest BCUT2D eigenvalue weighted by Gasteiger charge is 2.30. The normalized spacial score (nSPS) is 17.9. The number of nitrogens with one attached hydrogen (secondary N) is 1. The maximum atomic E-state index is 5.39. The van der Waals surface area contributed by atoms with Gasteiger partial charge >= 0.3 is 0 Å². The van der Waals surface area contributed by atoms with E-state index in [-0.39, 0.29) is 0 Å². The van der Waals surface area contributed by atoms with E-state index in [0.29, 0.717) is 5.41 Å². The van der Waals surface area contributed by atoms with E-state index >= 15 is 0 Å². The summed E-state index contributed by atoms with van der Waals surface area (Å²) in [5.74, 6) is 1.96. The molecule has 0 bridgehead atoms. The van der Waals surface area contributed by atoms with Gasteiger partial charge in [0.1, 0.15) is 5.75 Å². The lowest BCUT2D eigenvalue weighted by Crippen LogP contribution is -2.41. The summed E-state index contributed by atoms with van der Waals surface area (Å²) in [6.07, 6.45) is 2.15. The molecule has 4 nitrogen and oxygen atoms in total. The topological polar surface area (TPSA) is 36.9 Å². The first-order valence-electron chi connectivity index (χ1n) is 7.63. The molecule has 116 valence electrons. The predicted molar refractivity (Wildman–Crippen MR) is 88.0 cm³/mol. The molecule has 1 aliphatic heterocycles. The molecular weight excluding hydrogens is 262 g/mol. The van der Waals surface area contributed by atoms with Crippen LogP contribution in [0.25, 0.3) is 0 Å². The zero-order valence-electron chi connectivity index (χ0n) is 13.6. The van der Waals surface area contributed by atoms with Gasteiger partial charge in [0.15, 0.2) is 5.96 Å². The molecule has 1 aromatic rings. The number of nitrogens with zero attached hydrogens (tertiary/aromatic N) is 2. The number of aliphatic imine (C=N–C) groups is 1. The summed E-state index contributed by atoms with van der Waals surface area (Å²) in [5.41, 5.74) is 1.62. The van der Waals surface area contributed by atoms with Crippen molar-refractivity contribution in [3.8, 4) is 5.75 Å². The van der Waals surface area contributed by atoms with Gasteiger partial charge in [0.25, 0.3) is 0 Å². The first-order chi connectivity index (χ1) is 10.1. The van der Waals surface area contributed by atoms with Crippen molar-refractivity contribution in [1.29, 1.82) is 0 Å². The van der Waals surface area contributed by atoms with Crippen molar-refractivity contribution < 1.29 is 4.74 Å². The van der Waals surface area contributed by atoms with Crippen molar-refractivity contribution >= 4 is 5.96 Å². The first kappa shape index (κ1) is 15.7. The minimum absolute atomic E-state index is 0.389. The monoisotopic (exact) mass is 289 g/mol. The quantitative estimate of drug-likeness (QED) is 0.683. The molecule has 1 aliphatic rings. The fourth-order valence-corrected chi connectivity index (χ4v) is 2.84. The second-order valence-corrected chi connectivity index (χ2v) is 6.37. The van der Waals surface area contributed by atoms with Crippen LogP contribution in [-0.4, -0.2) is 44.7 Å². The van der Waals surface area contributed by atoms with Crippen LogP contribution in [0.15, 0.2) is 29.3 Å². The van der Waals surface area contributed by atoms with Gasteiger partial charge in [0.2, 0.25) is 0 Å². The molecule has 2 rings (SSSR count). The van der Waals surface area contributed by atoms with Gasteiger partial charge in [0.05, 0.1) is 7.11 Å². The summed E-state index contributed by atoms with van der Waals surface area (Å²) in [7, 11) is 3.58. The molecule has 0 unspecified atom stereocenters. The van der Waals surface area contributed by atoms with Crippen molar-refractivity contribution in [2.45, 2.75) is 26.7 Å². The molecule has 1 N–H and O–H groups in total. The molecule has 1 aromatic carbocycles. The average molecular weight is 289 g/mol. The lowest BCUT2D eigenvalue weighted by Gasteiger charge is -2.23. The van der Waals surface area contributed by atoms with E-state index in [1.165, 1.54) is 12.0 Å². The highest BCUT2D eigenvalue weighted by molar-refractivity contribution is 5.80. The SMILES string of the molecule is CN=C(NCCc1ccccc1OC)N1CCC(C)(C)C1. The molecule has 1 fully saturated rings. The van der Waals surface area contributed by atoms with E-state index in [1.54, 1.807) is 7.11 Å². The third kappa shape index (κ3) is 4.13. The number of guanidine groups is 1. The Balaban J connectivity index is 1.87. The van der Waals surface area contributed by atoms with Gasteiger partial charge in [-0.1, -0.05) is 32.0 Å². The molecule has 0 spiro atoms. The number of para-hydroxylation sites is 1. The van der Waals surface area contributed by atoms with Crippen LogP contribution >= 0.6 is 0 Å². The zero-order chi connectivity index (χ0) is 15.3. The van der Waals surface area contributed by atoms with Crippen LogP contribution < -0.4 is 10.1 Å². The summed E-state index contributed by atoms with van der Waals surface area (Å²) in [6, 6.07) is 8.17. The van der Waals surface area contributed by atoms with E-state index in [2.05, 4.69) is 41.2 Å². The second kappa shape index (κ2) is 6.83. The summed E-state index contributed by atoms with van der Waals surface area (Å²) < 4.78 is 5.39. The number of ether oxygens (including phenoxy) is 1. The van der Waals surface area contributed by atoms with E-state index in [4.69, 9.17) is 4.74 Å². The molecule has 0 aromatic heterocycles. The number of rotatable bonds is 4. The highest BCUT2D eigenvalue weighted by atomic mass is 16.5. The van der Waals surface area contributed by atoms with E-state index < -0.39 is 0 Å². The van der Waals surface area contributed by atoms with Crippen LogP contribution in [0.4, 0.5) is 0 Å². The lowest BCUT2D eigenvalue weighted by molar-refractivity contribution is 0.370. The Morgan fingerprint density at radius 3 is 2.76 bits per heavy atom. The Bertz CT molecular complexity index is 497. The Kier molecular flexibility index (Phi) is 5.10. The molecule has 0 radical (unpaired) electrons. The van der Waals surface area contributed by atoms with Crippen LogP contribution in [0.1, 0.15) is 25.8 Å². The second-order valence-electron chi connectivity index (χ2n) is 6.37. The number of hydrogen-bond acceptors (Lipinski definition) is 2. The number of hydrogen-bond donors (Lipinski definition) is 1. The summed E-state index contributed by atoms with van der Waals surface area (Å²) in [5, 5.41) is 3.47. The molecule has 21 heavy (non-hydrogen) atoms. The van der Waals surface area contributed by atoms with Crippen LogP contribution in [0.2, 0.25) is 0 Å². The lowest BCUT2D eigenvalue weighted by atomic mass is 9.93. The number of methoxy groups -OCH3 is 1. The maximum Gasteiger partial charge on any atom is 0.193 e. The van der Waals surface area contributed by atoms with Crippen LogP contribution in [0, 0.1) is 5.41 Å². The molecule has 1 heterocycles. The third-order valence-electron chi connectivity index (χ3n) is 4.06. The molecule has 0 amide bonds. The first-order valence-corrected chi connectivity index (χ1v) is 7.63. The van der Waals surface area contributed by atoms with Crippen molar-refractivity contribution in [3.05, 3.63) is 29.8 Å². The Labute approximate surface area is 128 Å². The number of benzene rings is 1. The van der Waals surface area contributed by atoms with Crippen LogP contribution in [0.5, 0.6) is 5.75 Å². The molecule has 0 saturated carbocycles. The van der Waals surface area contributed by atoms with Gasteiger partial charge in [-0.3, -0.25) is 4.99 Å². The van der Waals surface area contributed by atoms with Gasteiger partial charge in [-0.05, 0) is 29.9 Å². The number of likely N-dealkylation sites (tertiary alicyclic amines) is 1. The standard InChI is InChI=1S/C17H27N3O/c1-17(2)10-12-20(13-17)16(18-3)19-11-9-14-7-5-6-8-15(14)21-4/h5-8H,9-13H2,1-4H3,(H,18,19). The molecule has 0 atom stereocenters. The molecule has 0 aliphatic carbocycles. The Morgan fingerprint density at radius 1 is 1.38 bits per heavy atom. The van der Waals surface area contributed by atoms with Gasteiger partial charge in [-0.2, -0.15) is 0 Å². The van der Waals surface area contributed by atoms with Crippen LogP contribution in [0.3, 0.4) is 0 Å². The summed E-state index contributed by atoms with van der Waals surface area (Å²) >= 11 is 0. The predicted octanol–water partition coefficient (Wildman–Crippen LogP) is 2.55. The minimum atomic E-state index is 0.389. The van der Waals surface area contributed by atoms with E-state index in [9.17, 15) is 0 Å². The third-order valence-corrected chi connectivity index (χ3v) is 4.06. The van der Waals surface area contributed by atoms with E-state index in [1.807, 2.05) is 19.2 Å². The van der Waals surface area contributed by atoms with Gasteiger partial charge < -0.3 is 15.0 Å². The van der Waals surface area contributed by atoms with E-state index in [0.717, 1.165) is 37.8 Å². The van der Waals surface area contributed by atoms with Crippen molar-refractivity contribution in [1.82, 2.24) is 10.2 Å². The Morgan fingerprint density at radius 2 is 2.14 bits per heavy atom. The van der Waals surface area contributed by atoms with Gasteiger partial charge in [-0.15, -0.1) is 0 Å². The smallest absolute Gasteiger partial charge is 0.193 e. The Hall–Kier alpha value is -1.71. The summed E-state index contributed by atoms with van der Waals surface area (Å²) in [6.45, 7) is 7.65. The fraction of sp³-hybridized carbons (Fsp3) is 0.588. The van der Waals surface area contributed by atoms with Crippen LogP contribution in [-0.2, 0) is 6.42 Å². The fourth-order valence-electron chi connectivity index (χ4n) is 2.84. The minimum Gasteiger partial charge on any atom is -0.496 e. The average Bonchev–Trinajstić information content (AvgIpc) is 2.84. The van der Waals surface area contributed by atoms with Crippen molar-refractivity contribution in [2.24, 2.45) is 10.4 Å². The highest BCUT2D eigenvalue weighted by Crippen LogP contribution is 2.28. The zero-order valence-corrected chi connectivity index (χ0v) is 13.6. The maximum absolute atomic E-state index is 5.39. The summed E-state index contributed by atoms with van der Waals surface area (Å²) in [4.78, 5) is 6.76. The van der Waals surface area contributed by atoms with Crippen molar-refractivity contribution in [2.75, 3.05) is 33.8 Å². The largest absolute Gasteiger partial charge is 0.496 e. The van der Waals surface area contributed by atoms with Gasteiger partial charge in [0, 0.05) is 26.7 Å².